The number of likely N-dealkylation sites (tertiary alicyclic amines) is 1. The van der Waals surface area contributed by atoms with Gasteiger partial charge in [-0.25, -0.2) is 4.68 Å². The van der Waals surface area contributed by atoms with Gasteiger partial charge in [0.05, 0.1) is 11.5 Å². The van der Waals surface area contributed by atoms with Crippen LogP contribution >= 0.6 is 23.6 Å². The van der Waals surface area contributed by atoms with E-state index in [0.717, 1.165) is 46.8 Å². The minimum absolute atomic E-state index is 0.746. The molecule has 0 N–H and O–H groups in total. The van der Waals surface area contributed by atoms with Crippen LogP contribution in [-0.4, -0.2) is 32.3 Å². The van der Waals surface area contributed by atoms with Crippen molar-refractivity contribution in [2.24, 2.45) is 5.92 Å². The van der Waals surface area contributed by atoms with Crippen LogP contribution < -0.4 is 0 Å². The average molecular weight is 371 g/mol. The van der Waals surface area contributed by atoms with Gasteiger partial charge in [0.1, 0.15) is 0 Å². The van der Waals surface area contributed by atoms with E-state index in [1.54, 1.807) is 11.3 Å². The van der Waals surface area contributed by atoms with Crippen molar-refractivity contribution in [2.75, 3.05) is 13.1 Å². The van der Waals surface area contributed by atoms with Gasteiger partial charge in [-0.05, 0) is 61.1 Å². The van der Waals surface area contributed by atoms with E-state index in [1.807, 2.05) is 22.9 Å². The molecule has 0 bridgehead atoms. The Bertz CT molecular complexity index is 880. The molecule has 6 heteroatoms. The zero-order valence-electron chi connectivity index (χ0n) is 14.3. The van der Waals surface area contributed by atoms with Crippen LogP contribution in [0, 0.1) is 10.7 Å². The molecule has 130 valence electrons. The van der Waals surface area contributed by atoms with Gasteiger partial charge < -0.3 is 0 Å². The van der Waals surface area contributed by atoms with E-state index in [2.05, 4.69) is 46.0 Å². The van der Waals surface area contributed by atoms with E-state index in [9.17, 15) is 0 Å². The van der Waals surface area contributed by atoms with Gasteiger partial charge in [-0.2, -0.15) is 0 Å². The summed E-state index contributed by atoms with van der Waals surface area (Å²) in [5.74, 6) is 1.67. The molecular weight excluding hydrogens is 348 g/mol. The van der Waals surface area contributed by atoms with Gasteiger partial charge in [-0.3, -0.25) is 9.47 Å². The quantitative estimate of drug-likeness (QED) is 0.616. The Morgan fingerprint density at radius 1 is 1.20 bits per heavy atom. The second-order valence-electron chi connectivity index (χ2n) is 6.72. The zero-order chi connectivity index (χ0) is 17.2. The Labute approximate surface area is 157 Å². The van der Waals surface area contributed by atoms with Gasteiger partial charge >= 0.3 is 0 Å². The zero-order valence-corrected chi connectivity index (χ0v) is 16.0. The number of piperidine rings is 1. The number of benzene rings is 1. The highest BCUT2D eigenvalue weighted by molar-refractivity contribution is 7.71. The van der Waals surface area contributed by atoms with Gasteiger partial charge in [0.15, 0.2) is 5.82 Å². The van der Waals surface area contributed by atoms with Crippen LogP contribution in [0.15, 0.2) is 47.8 Å². The summed E-state index contributed by atoms with van der Waals surface area (Å²) in [5.41, 5.74) is 1.06. The molecule has 1 atom stereocenters. The number of aromatic nitrogens is 3. The van der Waals surface area contributed by atoms with Crippen LogP contribution in [0.25, 0.3) is 16.4 Å². The summed E-state index contributed by atoms with van der Waals surface area (Å²) in [5, 5.41) is 6.97. The third-order valence-corrected chi connectivity index (χ3v) is 5.93. The fourth-order valence-electron chi connectivity index (χ4n) is 3.48. The van der Waals surface area contributed by atoms with E-state index < -0.39 is 0 Å². The Morgan fingerprint density at radius 2 is 2.04 bits per heavy atom. The molecule has 0 unspecified atom stereocenters. The summed E-state index contributed by atoms with van der Waals surface area (Å²) in [6, 6.07) is 14.4. The van der Waals surface area contributed by atoms with Gasteiger partial charge in [0, 0.05) is 12.2 Å². The molecular formula is C19H22N4S2. The second kappa shape index (κ2) is 7.23. The Morgan fingerprint density at radius 3 is 2.76 bits per heavy atom. The minimum Gasteiger partial charge on any atom is -0.284 e. The van der Waals surface area contributed by atoms with Gasteiger partial charge in [0.2, 0.25) is 4.77 Å². The van der Waals surface area contributed by atoms with Crippen LogP contribution in [-0.2, 0) is 6.67 Å². The average Bonchev–Trinajstić information content (AvgIpc) is 3.25. The van der Waals surface area contributed by atoms with Crippen LogP contribution in [0.2, 0.25) is 0 Å². The standard InChI is InChI=1S/C19H22N4S2/c1-15-7-5-11-21(13-15)14-22-19(24)23(16-8-3-2-4-9-16)18(20-22)17-10-6-12-25-17/h2-4,6,8-10,12,15H,5,7,11,13-14H2,1H3/t15-/m0/s1. The van der Waals surface area contributed by atoms with Crippen molar-refractivity contribution in [3.05, 3.63) is 52.6 Å². The lowest BCUT2D eigenvalue weighted by Gasteiger charge is -2.30. The van der Waals surface area contributed by atoms with E-state index in [4.69, 9.17) is 17.3 Å². The number of nitrogens with zero attached hydrogens (tertiary/aromatic N) is 4. The molecule has 1 saturated heterocycles. The molecule has 2 aromatic heterocycles. The first kappa shape index (κ1) is 16.7. The molecule has 0 radical (unpaired) electrons. The maximum atomic E-state index is 5.81. The molecule has 1 aliphatic rings. The van der Waals surface area contributed by atoms with Crippen LogP contribution in [0.5, 0.6) is 0 Å². The number of para-hydroxylation sites is 1. The first-order chi connectivity index (χ1) is 12.2. The molecule has 3 aromatic rings. The smallest absolute Gasteiger partial charge is 0.204 e. The normalized spacial score (nSPS) is 18.5. The minimum atomic E-state index is 0.746. The summed E-state index contributed by atoms with van der Waals surface area (Å²) in [6.07, 6.45) is 2.58. The van der Waals surface area contributed by atoms with E-state index in [-0.39, 0.29) is 0 Å². The molecule has 0 amide bonds. The first-order valence-electron chi connectivity index (χ1n) is 8.74. The highest BCUT2D eigenvalue weighted by atomic mass is 32.1. The van der Waals surface area contributed by atoms with Crippen molar-refractivity contribution in [1.29, 1.82) is 0 Å². The summed E-state index contributed by atoms with van der Waals surface area (Å²) in [7, 11) is 0. The number of rotatable bonds is 4. The molecule has 0 saturated carbocycles. The molecule has 3 heterocycles. The highest BCUT2D eigenvalue weighted by Gasteiger charge is 2.20. The third-order valence-electron chi connectivity index (χ3n) is 4.67. The van der Waals surface area contributed by atoms with E-state index >= 15 is 0 Å². The van der Waals surface area contributed by atoms with Gasteiger partial charge in [-0.15, -0.1) is 16.4 Å². The van der Waals surface area contributed by atoms with Crippen LogP contribution in [0.3, 0.4) is 0 Å². The molecule has 1 aromatic carbocycles. The lowest BCUT2D eigenvalue weighted by molar-refractivity contribution is 0.138. The van der Waals surface area contributed by atoms with Crippen molar-refractivity contribution < 1.29 is 0 Å². The van der Waals surface area contributed by atoms with Gasteiger partial charge in [0.25, 0.3) is 0 Å². The Balaban J connectivity index is 1.75. The molecule has 4 rings (SSSR count). The third kappa shape index (κ3) is 3.47. The molecule has 0 spiro atoms. The molecule has 4 nitrogen and oxygen atoms in total. The van der Waals surface area contributed by atoms with E-state index in [0.29, 0.717) is 0 Å². The predicted octanol–water partition coefficient (Wildman–Crippen LogP) is 4.82. The molecule has 1 fully saturated rings. The van der Waals surface area contributed by atoms with Crippen LogP contribution in [0.4, 0.5) is 0 Å². The first-order valence-corrected chi connectivity index (χ1v) is 10.0. The number of hydrogen-bond donors (Lipinski definition) is 0. The lowest BCUT2D eigenvalue weighted by atomic mass is 10.0. The Kier molecular flexibility index (Phi) is 4.83. The number of hydrogen-bond acceptors (Lipinski definition) is 4. The fourth-order valence-corrected chi connectivity index (χ4v) is 4.47. The number of thiophene rings is 1. The lowest BCUT2D eigenvalue weighted by Crippen LogP contribution is -2.36. The second-order valence-corrected chi connectivity index (χ2v) is 8.03. The fraction of sp³-hybridized carbons (Fsp3) is 0.368. The maximum absolute atomic E-state index is 5.81. The van der Waals surface area contributed by atoms with Crippen molar-refractivity contribution in [3.8, 4) is 16.4 Å². The molecule has 25 heavy (non-hydrogen) atoms. The maximum Gasteiger partial charge on any atom is 0.204 e. The van der Waals surface area contributed by atoms with Crippen molar-refractivity contribution in [1.82, 2.24) is 19.2 Å². The topological polar surface area (TPSA) is 26.0 Å². The monoisotopic (exact) mass is 370 g/mol. The van der Waals surface area contributed by atoms with Gasteiger partial charge in [-0.1, -0.05) is 31.2 Å². The van der Waals surface area contributed by atoms with Crippen LogP contribution in [0.1, 0.15) is 19.8 Å². The van der Waals surface area contributed by atoms with Crippen molar-refractivity contribution >= 4 is 23.6 Å². The van der Waals surface area contributed by atoms with Crippen molar-refractivity contribution in [2.45, 2.75) is 26.4 Å². The summed E-state index contributed by atoms with van der Waals surface area (Å²) >= 11 is 7.50. The predicted molar refractivity (Wildman–Crippen MR) is 106 cm³/mol. The summed E-state index contributed by atoms with van der Waals surface area (Å²) < 4.78 is 4.83. The molecule has 0 aliphatic carbocycles. The molecule has 1 aliphatic heterocycles. The summed E-state index contributed by atoms with van der Waals surface area (Å²) in [4.78, 5) is 3.60. The SMILES string of the molecule is C[C@H]1CCCN(Cn2nc(-c3cccs3)n(-c3ccccc3)c2=S)C1. The van der Waals surface area contributed by atoms with E-state index in [1.165, 1.54) is 12.8 Å². The van der Waals surface area contributed by atoms with Crippen molar-refractivity contribution in [3.63, 3.8) is 0 Å². The Hall–Kier alpha value is -1.76. The summed E-state index contributed by atoms with van der Waals surface area (Å²) in [6.45, 7) is 5.33. The highest BCUT2D eigenvalue weighted by Crippen LogP contribution is 2.27. The largest absolute Gasteiger partial charge is 0.284 e.